The summed E-state index contributed by atoms with van der Waals surface area (Å²) in [5.74, 6) is 0. The lowest BCUT2D eigenvalue weighted by Crippen LogP contribution is -2.55. The second-order valence-electron chi connectivity index (χ2n) is 5.23. The van der Waals surface area contributed by atoms with Crippen LogP contribution in [0.1, 0.15) is 44.4 Å². The molecule has 0 radical (unpaired) electrons. The van der Waals surface area contributed by atoms with E-state index in [1.165, 1.54) is 37.1 Å². The molecule has 1 aliphatic rings. The monoisotopic (exact) mass is 267 g/mol. The Hall–Kier alpha value is -0.450. The van der Waals surface area contributed by atoms with Crippen LogP contribution in [0.3, 0.4) is 0 Å². The van der Waals surface area contributed by atoms with Crippen LogP contribution in [0, 0.1) is 0 Å². The molecule has 0 spiro atoms. The van der Waals surface area contributed by atoms with Gasteiger partial charge in [0.25, 0.3) is 0 Å². The summed E-state index contributed by atoms with van der Waals surface area (Å²) in [4.78, 5) is 8.25. The molecule has 18 heavy (non-hydrogen) atoms. The maximum atomic E-state index is 4.19. The SMILES string of the molecule is CCCC1CN(Cc2cncs2)C(CCC)CN1. The van der Waals surface area contributed by atoms with Crippen molar-refractivity contribution in [1.82, 2.24) is 15.2 Å². The number of rotatable bonds is 6. The molecule has 0 aromatic carbocycles. The summed E-state index contributed by atoms with van der Waals surface area (Å²) in [7, 11) is 0. The molecule has 1 fully saturated rings. The van der Waals surface area contributed by atoms with E-state index in [4.69, 9.17) is 0 Å². The smallest absolute Gasteiger partial charge is 0.0794 e. The van der Waals surface area contributed by atoms with E-state index < -0.39 is 0 Å². The summed E-state index contributed by atoms with van der Waals surface area (Å²) in [5.41, 5.74) is 1.94. The van der Waals surface area contributed by atoms with E-state index >= 15 is 0 Å². The Morgan fingerprint density at radius 1 is 1.39 bits per heavy atom. The minimum Gasteiger partial charge on any atom is -0.311 e. The molecule has 0 bridgehead atoms. The molecule has 2 heterocycles. The van der Waals surface area contributed by atoms with E-state index in [9.17, 15) is 0 Å². The molecule has 1 N–H and O–H groups in total. The van der Waals surface area contributed by atoms with Crippen molar-refractivity contribution in [2.75, 3.05) is 13.1 Å². The molecule has 2 rings (SSSR count). The summed E-state index contributed by atoms with van der Waals surface area (Å²) in [6.45, 7) is 7.97. The van der Waals surface area contributed by atoms with Gasteiger partial charge in [0.2, 0.25) is 0 Å². The molecule has 0 amide bonds. The van der Waals surface area contributed by atoms with E-state index in [1.54, 1.807) is 11.3 Å². The third-order valence-corrected chi connectivity index (χ3v) is 4.48. The van der Waals surface area contributed by atoms with Crippen LogP contribution in [-0.2, 0) is 6.54 Å². The Bertz CT molecular complexity index is 326. The highest BCUT2D eigenvalue weighted by Crippen LogP contribution is 2.19. The molecule has 1 aliphatic heterocycles. The topological polar surface area (TPSA) is 28.2 Å². The quantitative estimate of drug-likeness (QED) is 0.859. The van der Waals surface area contributed by atoms with Crippen molar-refractivity contribution in [2.45, 2.75) is 58.2 Å². The van der Waals surface area contributed by atoms with Crippen molar-refractivity contribution in [3.63, 3.8) is 0 Å². The number of hydrogen-bond donors (Lipinski definition) is 1. The second-order valence-corrected chi connectivity index (χ2v) is 6.20. The number of piperazine rings is 1. The Morgan fingerprint density at radius 2 is 2.22 bits per heavy atom. The Morgan fingerprint density at radius 3 is 2.89 bits per heavy atom. The number of aromatic nitrogens is 1. The molecular formula is C14H25N3S. The minimum absolute atomic E-state index is 0.677. The number of thiazole rings is 1. The molecule has 0 saturated carbocycles. The first-order valence-electron chi connectivity index (χ1n) is 7.18. The van der Waals surface area contributed by atoms with Gasteiger partial charge in [0, 0.05) is 42.8 Å². The number of hydrogen-bond acceptors (Lipinski definition) is 4. The number of nitrogens with zero attached hydrogens (tertiary/aromatic N) is 2. The van der Waals surface area contributed by atoms with Gasteiger partial charge in [-0.15, -0.1) is 11.3 Å². The summed E-state index contributed by atoms with van der Waals surface area (Å²) in [6, 6.07) is 1.38. The zero-order chi connectivity index (χ0) is 12.8. The predicted molar refractivity (Wildman–Crippen MR) is 77.9 cm³/mol. The molecule has 1 saturated heterocycles. The van der Waals surface area contributed by atoms with Crippen molar-refractivity contribution in [3.05, 3.63) is 16.6 Å². The highest BCUT2D eigenvalue weighted by Gasteiger charge is 2.26. The number of nitrogens with one attached hydrogen (secondary N) is 1. The van der Waals surface area contributed by atoms with Crippen molar-refractivity contribution < 1.29 is 0 Å². The van der Waals surface area contributed by atoms with Gasteiger partial charge in [-0.1, -0.05) is 26.7 Å². The first-order chi connectivity index (χ1) is 8.83. The fourth-order valence-electron chi connectivity index (χ4n) is 2.80. The van der Waals surface area contributed by atoms with E-state index in [0.717, 1.165) is 13.1 Å². The molecule has 2 atom stereocenters. The van der Waals surface area contributed by atoms with Crippen LogP contribution in [0.4, 0.5) is 0 Å². The fraction of sp³-hybridized carbons (Fsp3) is 0.786. The zero-order valence-electron chi connectivity index (χ0n) is 11.6. The van der Waals surface area contributed by atoms with Gasteiger partial charge < -0.3 is 5.32 Å². The van der Waals surface area contributed by atoms with Gasteiger partial charge in [-0.3, -0.25) is 9.88 Å². The Kier molecular flexibility index (Phi) is 5.60. The van der Waals surface area contributed by atoms with Crippen LogP contribution in [0.5, 0.6) is 0 Å². The lowest BCUT2D eigenvalue weighted by atomic mass is 10.0. The summed E-state index contributed by atoms with van der Waals surface area (Å²) in [5, 5.41) is 3.71. The van der Waals surface area contributed by atoms with E-state index in [0.29, 0.717) is 12.1 Å². The van der Waals surface area contributed by atoms with Gasteiger partial charge in [-0.05, 0) is 12.8 Å². The van der Waals surface area contributed by atoms with E-state index in [2.05, 4.69) is 29.0 Å². The van der Waals surface area contributed by atoms with Crippen molar-refractivity contribution in [2.24, 2.45) is 0 Å². The van der Waals surface area contributed by atoms with Gasteiger partial charge in [0.05, 0.1) is 5.51 Å². The van der Waals surface area contributed by atoms with Crippen molar-refractivity contribution in [1.29, 1.82) is 0 Å². The summed E-state index contributed by atoms with van der Waals surface area (Å²) in [6.07, 6.45) is 7.14. The predicted octanol–water partition coefficient (Wildman–Crippen LogP) is 2.89. The largest absolute Gasteiger partial charge is 0.311 e. The lowest BCUT2D eigenvalue weighted by molar-refractivity contribution is 0.113. The van der Waals surface area contributed by atoms with Crippen LogP contribution in [0.25, 0.3) is 0 Å². The molecule has 102 valence electrons. The van der Waals surface area contributed by atoms with E-state index in [1.807, 2.05) is 11.7 Å². The van der Waals surface area contributed by atoms with Crippen LogP contribution in [0.2, 0.25) is 0 Å². The van der Waals surface area contributed by atoms with Crippen LogP contribution < -0.4 is 5.32 Å². The average molecular weight is 267 g/mol. The maximum Gasteiger partial charge on any atom is 0.0794 e. The highest BCUT2D eigenvalue weighted by atomic mass is 32.1. The molecular weight excluding hydrogens is 242 g/mol. The van der Waals surface area contributed by atoms with Gasteiger partial charge in [0.1, 0.15) is 0 Å². The molecule has 4 heteroatoms. The van der Waals surface area contributed by atoms with E-state index in [-0.39, 0.29) is 0 Å². The van der Waals surface area contributed by atoms with Crippen LogP contribution in [0.15, 0.2) is 11.7 Å². The lowest BCUT2D eigenvalue weighted by Gasteiger charge is -2.40. The normalized spacial score (nSPS) is 25.4. The molecule has 1 aromatic heterocycles. The van der Waals surface area contributed by atoms with Crippen molar-refractivity contribution in [3.8, 4) is 0 Å². The van der Waals surface area contributed by atoms with Gasteiger partial charge in [-0.2, -0.15) is 0 Å². The second kappa shape index (κ2) is 7.22. The fourth-order valence-corrected chi connectivity index (χ4v) is 3.42. The highest BCUT2D eigenvalue weighted by molar-refractivity contribution is 7.09. The molecule has 2 unspecified atom stereocenters. The Balaban J connectivity index is 1.95. The Labute approximate surface area is 115 Å². The molecule has 0 aliphatic carbocycles. The average Bonchev–Trinajstić information content (AvgIpc) is 2.86. The molecule has 1 aromatic rings. The first-order valence-corrected chi connectivity index (χ1v) is 8.06. The van der Waals surface area contributed by atoms with Gasteiger partial charge in [0.15, 0.2) is 0 Å². The van der Waals surface area contributed by atoms with Crippen molar-refractivity contribution >= 4 is 11.3 Å². The maximum absolute atomic E-state index is 4.19. The zero-order valence-corrected chi connectivity index (χ0v) is 12.4. The third kappa shape index (κ3) is 3.77. The summed E-state index contributed by atoms with van der Waals surface area (Å²) < 4.78 is 0. The van der Waals surface area contributed by atoms with Crippen LogP contribution in [-0.4, -0.2) is 35.1 Å². The van der Waals surface area contributed by atoms with Gasteiger partial charge >= 0.3 is 0 Å². The first kappa shape index (κ1) is 14.0. The standard InChI is InChI=1S/C14H25N3S/c1-3-5-12-9-17(10-14-8-15-11-18-14)13(6-4-2)7-16-12/h8,11-13,16H,3-7,9-10H2,1-2H3. The minimum atomic E-state index is 0.677. The molecule has 3 nitrogen and oxygen atoms in total. The summed E-state index contributed by atoms with van der Waals surface area (Å²) >= 11 is 1.78. The van der Waals surface area contributed by atoms with Gasteiger partial charge in [-0.25, -0.2) is 0 Å². The third-order valence-electron chi connectivity index (χ3n) is 3.71. The van der Waals surface area contributed by atoms with Crippen LogP contribution >= 0.6 is 11.3 Å².